The molecule has 0 bridgehead atoms. The second-order valence-corrected chi connectivity index (χ2v) is 53.1. The van der Waals surface area contributed by atoms with Crippen LogP contribution in [0.5, 0.6) is 40.2 Å². The molecule has 9 heteroatoms. The van der Waals surface area contributed by atoms with Crippen molar-refractivity contribution < 1.29 is 35.7 Å². The number of phenolic OH excluding ortho intramolecular Hbond substituents is 7. The summed E-state index contributed by atoms with van der Waals surface area (Å²) in [6, 6.07) is 51.8. The SMILES string of the molecule is C=C(C)c1cc(CC2=CC(Cc3cc(C(C)(C)C)c(O)c(C(C)(C)C)c3)CC=C2Nc2ccc(C(Cc3cc(C(C)(C)C)c(O)c(C(C)(C)C)c3)c3cc(C(C)(C)C)c(O)c(C(C)(C)C)c3)cc2Cc2cc(Cc3cc(C(C)(C)C)c(O)c(C(C)(C)C)c3)cc(Cc3cc(C(C)(C)C)c(O)c(C(C)(C)C)c3)c2Nc2ccc(Cc3cc(C(=C)C)c(O)c(C(C)(C)C)c3)cc2)cc(C(C)(C)C)c1O. The minimum Gasteiger partial charge on any atom is -0.507 e. The maximum absolute atomic E-state index is 12.8. The predicted molar refractivity (Wildman–Crippen MR) is 585 cm³/mol. The summed E-state index contributed by atoms with van der Waals surface area (Å²) < 4.78 is 0. The van der Waals surface area contributed by atoms with E-state index in [0.29, 0.717) is 73.7 Å². The molecule has 0 saturated carbocycles. The zero-order valence-corrected chi connectivity index (χ0v) is 91.3. The molecule has 11 rings (SSSR count). The molecule has 0 amide bonds. The molecule has 0 spiro atoms. The topological polar surface area (TPSA) is 166 Å². The summed E-state index contributed by atoms with van der Waals surface area (Å²) in [5.74, 6) is 1.88. The van der Waals surface area contributed by atoms with Crippen molar-refractivity contribution in [2.75, 3.05) is 10.6 Å². The number of aromatic hydroxyl groups is 7. The van der Waals surface area contributed by atoms with Crippen LogP contribution in [0.3, 0.4) is 0 Å². The lowest BCUT2D eigenvalue weighted by Gasteiger charge is -2.32. The number of phenols is 7. The molecule has 2 atom stereocenters. The van der Waals surface area contributed by atoms with Crippen molar-refractivity contribution in [1.82, 2.24) is 0 Å². The number of nitrogens with one attached hydrogen (secondary N) is 2. The van der Waals surface area contributed by atoms with Gasteiger partial charge in [-0.15, -0.1) is 0 Å². The van der Waals surface area contributed by atoms with Gasteiger partial charge in [-0.05, 0) is 305 Å². The van der Waals surface area contributed by atoms with Crippen LogP contribution in [0.2, 0.25) is 0 Å². The van der Waals surface area contributed by atoms with Gasteiger partial charge in [0.1, 0.15) is 40.2 Å². The van der Waals surface area contributed by atoms with E-state index in [2.05, 4.69) is 425 Å². The van der Waals surface area contributed by atoms with E-state index < -0.39 is 48.7 Å². The van der Waals surface area contributed by atoms with Crippen LogP contribution in [0.4, 0.5) is 17.1 Å². The summed E-state index contributed by atoms with van der Waals surface area (Å²) in [7, 11) is 0. The fourth-order valence-electron chi connectivity index (χ4n) is 20.0. The van der Waals surface area contributed by atoms with Gasteiger partial charge in [0.25, 0.3) is 0 Å². The van der Waals surface area contributed by atoms with Crippen LogP contribution in [0.1, 0.15) is 426 Å². The van der Waals surface area contributed by atoms with Gasteiger partial charge >= 0.3 is 0 Å². The third-order valence-electron chi connectivity index (χ3n) is 27.9. The summed E-state index contributed by atoms with van der Waals surface area (Å²) in [6.45, 7) is 91.1. The Kier molecular flexibility index (Phi) is 29.8. The van der Waals surface area contributed by atoms with Gasteiger partial charge in [0.15, 0.2) is 0 Å². The van der Waals surface area contributed by atoms with Crippen LogP contribution in [0.25, 0.3) is 11.1 Å². The minimum absolute atomic E-state index is 0.0504. The molecule has 0 fully saturated rings. The third kappa shape index (κ3) is 24.8. The molecule has 10 aromatic rings. The van der Waals surface area contributed by atoms with Crippen molar-refractivity contribution in [2.24, 2.45) is 5.92 Å². The first-order chi connectivity index (χ1) is 62.5. The Morgan fingerprint density at radius 1 is 0.292 bits per heavy atom. The highest BCUT2D eigenvalue weighted by atomic mass is 16.3. The van der Waals surface area contributed by atoms with E-state index in [1.54, 1.807) is 0 Å². The van der Waals surface area contributed by atoms with Crippen LogP contribution in [0.15, 0.2) is 176 Å². The van der Waals surface area contributed by atoms with Crippen LogP contribution in [-0.2, 0) is 110 Å². The number of hydrogen-bond acceptors (Lipinski definition) is 9. The lowest BCUT2D eigenvalue weighted by molar-refractivity contribution is 0.421. The molecule has 2 unspecified atom stereocenters. The van der Waals surface area contributed by atoms with E-state index in [1.807, 2.05) is 13.8 Å². The number of hydrogen-bond donors (Lipinski definition) is 9. The lowest BCUT2D eigenvalue weighted by atomic mass is 9.74. The van der Waals surface area contributed by atoms with Crippen molar-refractivity contribution in [1.29, 1.82) is 0 Å². The van der Waals surface area contributed by atoms with Gasteiger partial charge in [0, 0.05) is 57.4 Å². The Morgan fingerprint density at radius 3 is 0.949 bits per heavy atom. The molecule has 10 aromatic carbocycles. The van der Waals surface area contributed by atoms with E-state index in [4.69, 9.17) is 0 Å². The van der Waals surface area contributed by atoms with Gasteiger partial charge < -0.3 is 46.4 Å². The molecule has 9 N–H and O–H groups in total. The molecule has 734 valence electrons. The molecule has 0 heterocycles. The largest absolute Gasteiger partial charge is 0.507 e. The van der Waals surface area contributed by atoms with E-state index in [-0.39, 0.29) is 39.6 Å². The number of anilines is 3. The molecular weight excluding hydrogens is 1680 g/mol. The number of benzene rings is 10. The highest BCUT2D eigenvalue weighted by molar-refractivity contribution is 5.75. The maximum atomic E-state index is 12.8. The monoisotopic (exact) mass is 1850 g/mol. The predicted octanol–water partition coefficient (Wildman–Crippen LogP) is 33.5. The standard InChI is InChI=1S/C128H170N2O7/c1-74(2)92-57-79(60-95(110(92)131)117(5,6)7)49-76-41-45-91(46-42-76)129-109-89(56-83-66-101(123(23,24)25)114(135)102(67-83)124(26,27)28)54-78(51-81-63-99(121(17,18)19)113(134)100(64-81)122(20,21)22)55-90(109)71-88-70-85(94(86-72-105(127(35,36)37)116(137)106(73-86)128(38,39)40)59-84-68-103(125(29,30)31)115(136)104(69-84)126(32,33)34)44-48-108(88)130-107-47-43-77(50-80-61-97(119(11,12)13)112(133)98(62-80)120(14,15)16)52-87(107)53-82-58-93(75(3)4)111(132)96(65-82)118(8,9)10/h41-42,44-48,52,54-55,57-58,60-70,72-73,77,94,129-137H,1,3,43,49-51,53,56,59,71H2,2,4-40H3. The van der Waals surface area contributed by atoms with Gasteiger partial charge in [-0.3, -0.25) is 0 Å². The highest BCUT2D eigenvalue weighted by Gasteiger charge is 2.37. The van der Waals surface area contributed by atoms with Gasteiger partial charge in [0.2, 0.25) is 0 Å². The molecule has 1 aliphatic carbocycles. The van der Waals surface area contributed by atoms with Crippen molar-refractivity contribution in [3.8, 4) is 40.2 Å². The summed E-state index contributed by atoms with van der Waals surface area (Å²) in [6.07, 6.45) is 9.43. The molecule has 0 aliphatic heterocycles. The lowest BCUT2D eigenvalue weighted by Crippen LogP contribution is -2.20. The fourth-order valence-corrected chi connectivity index (χ4v) is 20.0. The smallest absolute Gasteiger partial charge is 0.126 e. The molecule has 0 radical (unpaired) electrons. The quantitative estimate of drug-likeness (QED) is 0.0321. The Morgan fingerprint density at radius 2 is 0.591 bits per heavy atom. The first kappa shape index (κ1) is 107. The molecular formula is C128H170N2O7. The first-order valence-electron chi connectivity index (χ1n) is 50.2. The Labute approximate surface area is 827 Å². The van der Waals surface area contributed by atoms with Gasteiger partial charge in [-0.25, -0.2) is 0 Å². The number of allylic oxidation sites excluding steroid dienone is 5. The summed E-state index contributed by atoms with van der Waals surface area (Å²) in [4.78, 5) is 0. The second kappa shape index (κ2) is 38.2. The fraction of sp³-hybridized carbons (Fsp3) is 0.469. The Balaban J connectivity index is 1.27. The van der Waals surface area contributed by atoms with E-state index in [0.717, 1.165) is 191 Å². The Bertz CT molecular complexity index is 6140. The average Bonchev–Trinajstić information content (AvgIpc) is 0.699. The zero-order valence-electron chi connectivity index (χ0n) is 91.3. The normalized spacial score (nSPS) is 14.5. The minimum atomic E-state index is -0.468. The van der Waals surface area contributed by atoms with Crippen molar-refractivity contribution in [2.45, 2.75) is 385 Å². The van der Waals surface area contributed by atoms with Gasteiger partial charge in [0.05, 0.1) is 0 Å². The van der Waals surface area contributed by atoms with Crippen molar-refractivity contribution in [3.05, 3.63) is 326 Å². The average molecular weight is 1850 g/mol. The van der Waals surface area contributed by atoms with E-state index in [1.165, 1.54) is 5.56 Å². The first-order valence-corrected chi connectivity index (χ1v) is 50.2. The summed E-state index contributed by atoms with van der Waals surface area (Å²) >= 11 is 0. The zero-order chi connectivity index (χ0) is 103. The molecule has 0 aromatic heterocycles. The molecule has 1 aliphatic rings. The molecule has 137 heavy (non-hydrogen) atoms. The maximum Gasteiger partial charge on any atom is 0.126 e. The molecule has 0 saturated heterocycles. The van der Waals surface area contributed by atoms with Crippen LogP contribution in [0, 0.1) is 5.92 Å². The highest BCUT2D eigenvalue weighted by Crippen LogP contribution is 2.52. The molecule has 9 nitrogen and oxygen atoms in total. The van der Waals surface area contributed by atoms with Crippen molar-refractivity contribution >= 4 is 28.2 Å². The Hall–Kier alpha value is -10.6. The second-order valence-electron chi connectivity index (χ2n) is 53.1. The van der Waals surface area contributed by atoms with E-state index >= 15 is 0 Å². The summed E-state index contributed by atoms with van der Waals surface area (Å²) in [5.41, 5.74) is 27.6. The van der Waals surface area contributed by atoms with Crippen LogP contribution >= 0.6 is 0 Å². The van der Waals surface area contributed by atoms with Crippen molar-refractivity contribution in [3.63, 3.8) is 0 Å². The van der Waals surface area contributed by atoms with Gasteiger partial charge in [-0.1, -0.05) is 384 Å². The van der Waals surface area contributed by atoms with Crippen LogP contribution in [-0.4, -0.2) is 35.7 Å². The van der Waals surface area contributed by atoms with E-state index in [9.17, 15) is 35.7 Å². The van der Waals surface area contributed by atoms with Gasteiger partial charge in [-0.2, -0.15) is 0 Å². The summed E-state index contributed by atoms with van der Waals surface area (Å²) in [5, 5.41) is 95.2. The number of rotatable bonds is 22. The van der Waals surface area contributed by atoms with Crippen LogP contribution < -0.4 is 10.6 Å². The third-order valence-corrected chi connectivity index (χ3v) is 27.9.